The van der Waals surface area contributed by atoms with Crippen LogP contribution in [0.2, 0.25) is 0 Å². The van der Waals surface area contributed by atoms with E-state index < -0.39 is 28.7 Å². The molecule has 8 aromatic carbocycles. The minimum Gasteiger partial charge on any atom is -0.481 e. The summed E-state index contributed by atoms with van der Waals surface area (Å²) in [7, 11) is 0. The lowest BCUT2D eigenvalue weighted by Gasteiger charge is -2.37. The summed E-state index contributed by atoms with van der Waals surface area (Å²) in [5.74, 6) is 8.63. The molecule has 0 atom stereocenters. The fourth-order valence-electron chi connectivity index (χ4n) is 7.72. The number of halogens is 4. The molecule has 0 aliphatic heterocycles. The van der Waals surface area contributed by atoms with E-state index in [9.17, 15) is 0 Å². The van der Waals surface area contributed by atoms with E-state index in [0.717, 1.165) is 0 Å². The molecule has 0 bridgehead atoms. The van der Waals surface area contributed by atoms with Crippen LogP contribution in [0, 0.1) is 72.6 Å². The molecule has 0 N–H and O–H groups in total. The average molecular weight is 977 g/mol. The third-order valence-electron chi connectivity index (χ3n) is 11.0. The van der Waals surface area contributed by atoms with Gasteiger partial charge in [-0.05, 0) is 119 Å². The standard InChI is InChI=1S/C61H40F4O8/c1-5-33-66-49-25-29-57(53(62)37-49)70-45-17-9-41(10-18-45)61(42-11-19-46(20-12-42)71-58-30-26-50(38-54(58)63)67-34-6-2,43-13-21-47(22-14-43)72-59-31-27-51(39-55(59)64)68-35-7-3)44-15-23-48(24-16-44)73-60-32-28-52(40-56(60)65)69-36-8-4/h1-4,9-32,37-40H,33-36H2. The number of benzene rings is 8. The van der Waals surface area contributed by atoms with Gasteiger partial charge in [0.15, 0.2) is 46.3 Å². The van der Waals surface area contributed by atoms with Crippen LogP contribution in [0.5, 0.6) is 69.0 Å². The first kappa shape index (κ1) is 49.5. The lowest BCUT2D eigenvalue weighted by molar-refractivity contribution is 0.364. The van der Waals surface area contributed by atoms with Crippen LogP contribution in [0.4, 0.5) is 17.6 Å². The molecule has 0 heterocycles. The van der Waals surface area contributed by atoms with Gasteiger partial charge in [0.25, 0.3) is 0 Å². The van der Waals surface area contributed by atoms with Crippen LogP contribution in [0.25, 0.3) is 0 Å². The molecular formula is C61H40F4O8. The van der Waals surface area contributed by atoms with Crippen LogP contribution in [0.3, 0.4) is 0 Å². The second-order valence-corrected chi connectivity index (χ2v) is 15.6. The normalized spacial score (nSPS) is 10.6. The molecule has 73 heavy (non-hydrogen) atoms. The molecule has 8 rings (SSSR count). The molecule has 0 aromatic heterocycles. The van der Waals surface area contributed by atoms with E-state index in [0.29, 0.717) is 45.3 Å². The largest absolute Gasteiger partial charge is 0.481 e. The van der Waals surface area contributed by atoms with Crippen molar-refractivity contribution >= 4 is 0 Å². The Balaban J connectivity index is 1.22. The van der Waals surface area contributed by atoms with E-state index >= 15 is 17.6 Å². The van der Waals surface area contributed by atoms with Crippen molar-refractivity contribution in [2.24, 2.45) is 0 Å². The van der Waals surface area contributed by atoms with Crippen LogP contribution in [-0.2, 0) is 5.41 Å². The zero-order chi connectivity index (χ0) is 51.2. The Morgan fingerprint density at radius 3 is 0.658 bits per heavy atom. The highest BCUT2D eigenvalue weighted by Crippen LogP contribution is 2.48. The molecule has 360 valence electrons. The van der Waals surface area contributed by atoms with Gasteiger partial charge in [-0.15, -0.1) is 25.7 Å². The van der Waals surface area contributed by atoms with Crippen molar-refractivity contribution in [2.45, 2.75) is 5.41 Å². The van der Waals surface area contributed by atoms with Crippen molar-refractivity contribution in [3.8, 4) is 118 Å². The zero-order valence-electron chi connectivity index (χ0n) is 38.6. The maximum atomic E-state index is 15.3. The second kappa shape index (κ2) is 23.2. The number of hydrogen-bond donors (Lipinski definition) is 0. The quantitative estimate of drug-likeness (QED) is 0.0425. The highest BCUT2D eigenvalue weighted by atomic mass is 19.1. The van der Waals surface area contributed by atoms with Crippen LogP contribution in [0.15, 0.2) is 170 Å². The van der Waals surface area contributed by atoms with E-state index in [1.165, 1.54) is 48.5 Å². The van der Waals surface area contributed by atoms with Crippen LogP contribution >= 0.6 is 0 Å². The van der Waals surface area contributed by atoms with E-state index in [2.05, 4.69) is 23.7 Å². The van der Waals surface area contributed by atoms with Gasteiger partial charge in [0, 0.05) is 24.3 Å². The minimum absolute atomic E-state index is 0.0344. The first-order chi connectivity index (χ1) is 35.6. The fourth-order valence-corrected chi connectivity index (χ4v) is 7.72. The Hall–Kier alpha value is -9.88. The monoisotopic (exact) mass is 976 g/mol. The molecule has 0 saturated carbocycles. The molecule has 8 nitrogen and oxygen atoms in total. The average Bonchev–Trinajstić information content (AvgIpc) is 3.41. The number of ether oxygens (including phenoxy) is 8. The molecule has 0 radical (unpaired) electrons. The summed E-state index contributed by atoms with van der Waals surface area (Å²) in [5, 5.41) is 0. The summed E-state index contributed by atoms with van der Waals surface area (Å²) in [4.78, 5) is 0. The second-order valence-electron chi connectivity index (χ2n) is 15.6. The smallest absolute Gasteiger partial charge is 0.169 e. The number of hydrogen-bond acceptors (Lipinski definition) is 8. The maximum absolute atomic E-state index is 15.3. The Kier molecular flexibility index (Phi) is 15.7. The van der Waals surface area contributed by atoms with E-state index in [4.69, 9.17) is 63.6 Å². The predicted octanol–water partition coefficient (Wildman–Crippen LogP) is 13.8. The molecule has 0 unspecified atom stereocenters. The van der Waals surface area contributed by atoms with Crippen LogP contribution in [0.1, 0.15) is 22.3 Å². The Morgan fingerprint density at radius 2 is 0.479 bits per heavy atom. The lowest BCUT2D eigenvalue weighted by atomic mass is 9.65. The van der Waals surface area contributed by atoms with Crippen molar-refractivity contribution in [3.63, 3.8) is 0 Å². The highest BCUT2D eigenvalue weighted by Gasteiger charge is 2.39. The highest BCUT2D eigenvalue weighted by molar-refractivity contribution is 5.62. The van der Waals surface area contributed by atoms with Gasteiger partial charge in [0.05, 0.1) is 5.41 Å². The van der Waals surface area contributed by atoms with E-state index in [-0.39, 0.29) is 72.4 Å². The Morgan fingerprint density at radius 1 is 0.288 bits per heavy atom. The third kappa shape index (κ3) is 11.8. The van der Waals surface area contributed by atoms with E-state index in [1.54, 1.807) is 72.8 Å². The molecule has 0 aliphatic carbocycles. The minimum atomic E-state index is -1.22. The molecule has 0 saturated heterocycles. The molecule has 0 fully saturated rings. The summed E-state index contributed by atoms with van der Waals surface area (Å²) in [6.07, 6.45) is 21.2. The van der Waals surface area contributed by atoms with E-state index in [1.807, 2.05) is 48.5 Å². The molecule has 0 spiro atoms. The van der Waals surface area contributed by atoms with Crippen molar-refractivity contribution in [3.05, 3.63) is 215 Å². The topological polar surface area (TPSA) is 73.8 Å². The molecule has 8 aromatic rings. The molecule has 0 amide bonds. The molecule has 12 heteroatoms. The number of terminal acetylenes is 4. The summed E-state index contributed by atoms with van der Waals surface area (Å²) in [6.45, 7) is -0.138. The summed E-state index contributed by atoms with van der Waals surface area (Å²) >= 11 is 0. The Bertz CT molecular complexity index is 2930. The fraction of sp³-hybridized carbons (Fsp3) is 0.0820. The first-order valence-corrected chi connectivity index (χ1v) is 22.2. The van der Waals surface area contributed by atoms with Crippen molar-refractivity contribution < 1.29 is 55.5 Å². The summed E-state index contributed by atoms with van der Waals surface area (Å²) < 4.78 is 107. The summed E-state index contributed by atoms with van der Waals surface area (Å²) in [5.41, 5.74) is 1.52. The van der Waals surface area contributed by atoms with Gasteiger partial charge in [-0.25, -0.2) is 17.6 Å². The van der Waals surface area contributed by atoms with Crippen LogP contribution in [-0.4, -0.2) is 26.4 Å². The van der Waals surface area contributed by atoms with Gasteiger partial charge < -0.3 is 37.9 Å². The first-order valence-electron chi connectivity index (χ1n) is 22.2. The van der Waals surface area contributed by atoms with Gasteiger partial charge in [-0.2, -0.15) is 0 Å². The molecule has 0 aliphatic rings. The third-order valence-corrected chi connectivity index (χ3v) is 11.0. The van der Waals surface area contributed by atoms with Crippen molar-refractivity contribution in [1.29, 1.82) is 0 Å². The van der Waals surface area contributed by atoms with Gasteiger partial charge in [0.2, 0.25) is 0 Å². The zero-order valence-corrected chi connectivity index (χ0v) is 38.6. The van der Waals surface area contributed by atoms with Gasteiger partial charge in [0.1, 0.15) is 72.4 Å². The molecular weight excluding hydrogens is 937 g/mol. The Labute approximate surface area is 419 Å². The SMILES string of the molecule is C#CCOc1ccc(Oc2ccc(C(c3ccc(Oc4ccc(OCC#C)cc4F)cc3)(c3ccc(Oc4ccc(OCC#C)cc4F)cc3)c3ccc(Oc4ccc(OCC#C)cc4F)cc3)cc2)c(F)c1. The van der Waals surface area contributed by atoms with Gasteiger partial charge >= 0.3 is 0 Å². The van der Waals surface area contributed by atoms with Crippen LogP contribution < -0.4 is 37.9 Å². The van der Waals surface area contributed by atoms with Crippen molar-refractivity contribution in [1.82, 2.24) is 0 Å². The van der Waals surface area contributed by atoms with Crippen molar-refractivity contribution in [2.75, 3.05) is 26.4 Å². The van der Waals surface area contributed by atoms with Gasteiger partial charge in [-0.3, -0.25) is 0 Å². The predicted molar refractivity (Wildman–Crippen MR) is 268 cm³/mol. The maximum Gasteiger partial charge on any atom is 0.169 e. The lowest BCUT2D eigenvalue weighted by Crippen LogP contribution is -2.31. The van der Waals surface area contributed by atoms with Gasteiger partial charge in [-0.1, -0.05) is 72.2 Å². The summed E-state index contributed by atoms with van der Waals surface area (Å²) in [6, 6.07) is 44.8. The number of rotatable bonds is 20.